The molecule has 0 atom stereocenters. The Kier molecular flexibility index (Phi) is 3.12. The minimum Gasteiger partial charge on any atom is -0.407 e. The molecule has 17 heavy (non-hydrogen) atoms. The number of nitrogens with one attached hydrogen (secondary N) is 2. The fourth-order valence-electron chi connectivity index (χ4n) is 1.42. The summed E-state index contributed by atoms with van der Waals surface area (Å²) in [6.45, 7) is 10.1. The van der Waals surface area contributed by atoms with Gasteiger partial charge in [-0.2, -0.15) is 0 Å². The Morgan fingerprint density at radius 1 is 1.29 bits per heavy atom. The molecule has 1 aromatic rings. The molecule has 0 spiro atoms. The van der Waals surface area contributed by atoms with E-state index in [4.69, 9.17) is 4.42 Å². The van der Waals surface area contributed by atoms with Crippen LogP contribution in [0.1, 0.15) is 46.4 Å². The monoisotopic (exact) mass is 238 g/mol. The standard InChI is InChI=1S/C12H22N4O/c1-11(2,3)14-7-9-15-16-10(17-9)13-8-12(4)5-6-12/h14H,5-8H2,1-4H3,(H,13,16). The van der Waals surface area contributed by atoms with Crippen LogP contribution in [0.3, 0.4) is 0 Å². The Balaban J connectivity index is 1.79. The summed E-state index contributed by atoms with van der Waals surface area (Å²) in [5.41, 5.74) is 0.502. The third-order valence-corrected chi connectivity index (χ3v) is 3.01. The van der Waals surface area contributed by atoms with Crippen LogP contribution in [0.4, 0.5) is 6.01 Å². The lowest BCUT2D eigenvalue weighted by molar-refractivity contribution is 0.383. The molecule has 1 fully saturated rings. The molecule has 0 radical (unpaired) electrons. The summed E-state index contributed by atoms with van der Waals surface area (Å²) in [5.74, 6) is 0.628. The minimum absolute atomic E-state index is 0.0591. The molecule has 2 N–H and O–H groups in total. The molecule has 2 rings (SSSR count). The number of rotatable bonds is 5. The quantitative estimate of drug-likeness (QED) is 0.823. The van der Waals surface area contributed by atoms with Gasteiger partial charge in [0.2, 0.25) is 5.89 Å². The highest BCUT2D eigenvalue weighted by molar-refractivity contribution is 5.19. The summed E-state index contributed by atoms with van der Waals surface area (Å²) in [4.78, 5) is 0. The first-order valence-corrected chi connectivity index (χ1v) is 6.18. The summed E-state index contributed by atoms with van der Waals surface area (Å²) >= 11 is 0. The maximum Gasteiger partial charge on any atom is 0.315 e. The Labute approximate surface area is 102 Å². The van der Waals surface area contributed by atoms with Crippen LogP contribution in [0.2, 0.25) is 0 Å². The van der Waals surface area contributed by atoms with E-state index < -0.39 is 0 Å². The van der Waals surface area contributed by atoms with Crippen LogP contribution in [-0.4, -0.2) is 22.3 Å². The molecule has 1 aliphatic carbocycles. The van der Waals surface area contributed by atoms with Gasteiger partial charge in [-0.15, -0.1) is 5.10 Å². The minimum atomic E-state index is 0.0591. The van der Waals surface area contributed by atoms with Gasteiger partial charge in [-0.25, -0.2) is 0 Å². The fourth-order valence-corrected chi connectivity index (χ4v) is 1.42. The molecular formula is C12H22N4O. The lowest BCUT2D eigenvalue weighted by atomic mass is 10.1. The molecule has 0 aliphatic heterocycles. The first-order chi connectivity index (χ1) is 7.86. The van der Waals surface area contributed by atoms with Crippen LogP contribution in [0.15, 0.2) is 4.42 Å². The Morgan fingerprint density at radius 2 is 2.00 bits per heavy atom. The third-order valence-electron chi connectivity index (χ3n) is 3.01. The molecule has 96 valence electrons. The smallest absolute Gasteiger partial charge is 0.315 e. The molecule has 1 aromatic heterocycles. The molecule has 1 aliphatic rings. The summed E-state index contributed by atoms with van der Waals surface area (Å²) in [7, 11) is 0. The van der Waals surface area contributed by atoms with Crippen LogP contribution in [0.5, 0.6) is 0 Å². The van der Waals surface area contributed by atoms with Crippen molar-refractivity contribution >= 4 is 6.01 Å². The van der Waals surface area contributed by atoms with E-state index in [0.717, 1.165) is 6.54 Å². The highest BCUT2D eigenvalue weighted by Crippen LogP contribution is 2.44. The maximum atomic E-state index is 5.51. The largest absolute Gasteiger partial charge is 0.407 e. The van der Waals surface area contributed by atoms with Gasteiger partial charge in [-0.05, 0) is 39.0 Å². The van der Waals surface area contributed by atoms with Gasteiger partial charge in [-0.1, -0.05) is 12.0 Å². The normalized spacial score (nSPS) is 18.1. The number of hydrogen-bond donors (Lipinski definition) is 2. The summed E-state index contributed by atoms with van der Waals surface area (Å²) in [6, 6.07) is 0.531. The Hall–Kier alpha value is -1.10. The number of aromatic nitrogens is 2. The second kappa shape index (κ2) is 4.29. The number of nitrogens with zero attached hydrogens (tertiary/aromatic N) is 2. The van der Waals surface area contributed by atoms with Crippen molar-refractivity contribution in [1.29, 1.82) is 0 Å². The van der Waals surface area contributed by atoms with Crippen molar-refractivity contribution in [2.75, 3.05) is 11.9 Å². The van der Waals surface area contributed by atoms with Gasteiger partial charge >= 0.3 is 6.01 Å². The lowest BCUT2D eigenvalue weighted by Crippen LogP contribution is -2.35. The van der Waals surface area contributed by atoms with E-state index in [-0.39, 0.29) is 5.54 Å². The Bertz CT molecular complexity index is 352. The topological polar surface area (TPSA) is 63.0 Å². The van der Waals surface area contributed by atoms with Gasteiger partial charge in [0.15, 0.2) is 0 Å². The van der Waals surface area contributed by atoms with Crippen molar-refractivity contribution in [2.24, 2.45) is 5.41 Å². The van der Waals surface area contributed by atoms with E-state index in [1.54, 1.807) is 0 Å². The average molecular weight is 238 g/mol. The van der Waals surface area contributed by atoms with Crippen molar-refractivity contribution < 1.29 is 4.42 Å². The van der Waals surface area contributed by atoms with Gasteiger partial charge in [0.05, 0.1) is 6.54 Å². The predicted octanol–water partition coefficient (Wildman–Crippen LogP) is 2.17. The van der Waals surface area contributed by atoms with Gasteiger partial charge < -0.3 is 15.1 Å². The van der Waals surface area contributed by atoms with Crippen molar-refractivity contribution in [3.63, 3.8) is 0 Å². The van der Waals surface area contributed by atoms with Gasteiger partial charge in [0.25, 0.3) is 0 Å². The van der Waals surface area contributed by atoms with Gasteiger partial charge in [-0.3, -0.25) is 0 Å². The van der Waals surface area contributed by atoms with Crippen LogP contribution >= 0.6 is 0 Å². The Morgan fingerprint density at radius 3 is 2.59 bits per heavy atom. The van der Waals surface area contributed by atoms with Crippen molar-refractivity contribution in [3.05, 3.63) is 5.89 Å². The van der Waals surface area contributed by atoms with Crippen molar-refractivity contribution in [2.45, 2.75) is 52.6 Å². The van der Waals surface area contributed by atoms with E-state index >= 15 is 0 Å². The van der Waals surface area contributed by atoms with Gasteiger partial charge in [0.1, 0.15) is 0 Å². The average Bonchev–Trinajstić information content (AvgIpc) is 2.79. The molecule has 5 nitrogen and oxygen atoms in total. The fraction of sp³-hybridized carbons (Fsp3) is 0.833. The SMILES string of the molecule is CC1(CNc2nnc(CNC(C)(C)C)o2)CC1. The summed E-state index contributed by atoms with van der Waals surface area (Å²) in [5, 5.41) is 14.5. The molecule has 5 heteroatoms. The molecule has 0 aromatic carbocycles. The van der Waals surface area contributed by atoms with E-state index in [1.165, 1.54) is 12.8 Å². The number of anilines is 1. The highest BCUT2D eigenvalue weighted by atomic mass is 16.4. The van der Waals surface area contributed by atoms with E-state index in [2.05, 4.69) is 48.5 Å². The van der Waals surface area contributed by atoms with Crippen LogP contribution in [-0.2, 0) is 6.54 Å². The van der Waals surface area contributed by atoms with E-state index in [1.807, 2.05) is 0 Å². The molecule has 0 saturated heterocycles. The summed E-state index contributed by atoms with van der Waals surface area (Å²) < 4.78 is 5.51. The second-order valence-electron chi connectivity index (χ2n) is 6.27. The van der Waals surface area contributed by atoms with E-state index in [0.29, 0.717) is 23.9 Å². The molecule has 0 amide bonds. The summed E-state index contributed by atoms with van der Waals surface area (Å²) in [6.07, 6.45) is 2.57. The molecule has 1 saturated carbocycles. The lowest BCUT2D eigenvalue weighted by Gasteiger charge is -2.18. The molecule has 0 bridgehead atoms. The predicted molar refractivity (Wildman–Crippen MR) is 66.7 cm³/mol. The van der Waals surface area contributed by atoms with E-state index in [9.17, 15) is 0 Å². The van der Waals surface area contributed by atoms with Gasteiger partial charge in [0, 0.05) is 12.1 Å². The third kappa shape index (κ3) is 4.00. The van der Waals surface area contributed by atoms with Crippen LogP contribution in [0.25, 0.3) is 0 Å². The molecule has 1 heterocycles. The van der Waals surface area contributed by atoms with Crippen LogP contribution < -0.4 is 10.6 Å². The van der Waals surface area contributed by atoms with Crippen molar-refractivity contribution in [3.8, 4) is 0 Å². The first kappa shape index (κ1) is 12.4. The maximum absolute atomic E-state index is 5.51. The second-order valence-corrected chi connectivity index (χ2v) is 6.27. The van der Waals surface area contributed by atoms with Crippen molar-refractivity contribution in [1.82, 2.24) is 15.5 Å². The zero-order chi connectivity index (χ0) is 12.5. The zero-order valence-electron chi connectivity index (χ0n) is 11.1. The highest BCUT2D eigenvalue weighted by Gasteiger charge is 2.37. The molecule has 0 unspecified atom stereocenters. The zero-order valence-corrected chi connectivity index (χ0v) is 11.1. The van der Waals surface area contributed by atoms with Crippen LogP contribution in [0, 0.1) is 5.41 Å². The number of hydrogen-bond acceptors (Lipinski definition) is 5. The molecular weight excluding hydrogens is 216 g/mol. The first-order valence-electron chi connectivity index (χ1n) is 6.18.